The van der Waals surface area contributed by atoms with Gasteiger partial charge >= 0.3 is 0 Å². The van der Waals surface area contributed by atoms with Gasteiger partial charge in [-0.2, -0.15) is 0 Å². The van der Waals surface area contributed by atoms with Crippen LogP contribution in [0.4, 0.5) is 5.69 Å². The van der Waals surface area contributed by atoms with Crippen molar-refractivity contribution < 1.29 is 0 Å². The number of hydrogen-bond donors (Lipinski definition) is 1. The van der Waals surface area contributed by atoms with Crippen LogP contribution in [0.25, 0.3) is 10.1 Å². The monoisotopic (exact) mass is 207 g/mol. The van der Waals surface area contributed by atoms with E-state index in [1.54, 1.807) is 11.3 Å². The molecule has 2 aromatic rings. The van der Waals surface area contributed by atoms with Gasteiger partial charge in [0.15, 0.2) is 0 Å². The Labute approximate surface area is 86.4 Å². The molecule has 13 heavy (non-hydrogen) atoms. The molecule has 0 aliphatic carbocycles. The normalized spacial score (nSPS) is 10.2. The zero-order valence-electron chi connectivity index (χ0n) is 7.20. The van der Waals surface area contributed by atoms with E-state index in [4.69, 9.17) is 12.2 Å². The molecule has 0 aliphatic rings. The first kappa shape index (κ1) is 8.66. The lowest BCUT2D eigenvalue weighted by Crippen LogP contribution is -2.02. The summed E-state index contributed by atoms with van der Waals surface area (Å²) in [5, 5.41) is 6.49. The van der Waals surface area contributed by atoms with Gasteiger partial charge in [-0.15, -0.1) is 11.3 Å². The fourth-order valence-electron chi connectivity index (χ4n) is 1.25. The summed E-state index contributed by atoms with van der Waals surface area (Å²) in [6.07, 6.45) is 0. The maximum absolute atomic E-state index is 4.97. The molecule has 0 aliphatic heterocycles. The molecule has 66 valence electrons. The summed E-state index contributed by atoms with van der Waals surface area (Å²) in [4.78, 5) is 0.801. The second-order valence-corrected chi connectivity index (χ2v) is 4.41. The number of thiophene rings is 1. The van der Waals surface area contributed by atoms with Crippen molar-refractivity contribution in [1.82, 2.24) is 0 Å². The van der Waals surface area contributed by atoms with Crippen LogP contribution in [0, 0.1) is 0 Å². The summed E-state index contributed by atoms with van der Waals surface area (Å²) < 4.78 is 1.31. The molecular weight excluding hydrogens is 198 g/mol. The van der Waals surface area contributed by atoms with Crippen molar-refractivity contribution in [1.29, 1.82) is 0 Å². The van der Waals surface area contributed by atoms with Crippen LogP contribution in [0.1, 0.15) is 6.92 Å². The highest BCUT2D eigenvalue weighted by Crippen LogP contribution is 2.23. The fourth-order valence-corrected chi connectivity index (χ4v) is 2.14. The van der Waals surface area contributed by atoms with Gasteiger partial charge in [0.25, 0.3) is 0 Å². The summed E-state index contributed by atoms with van der Waals surface area (Å²) >= 11 is 6.73. The van der Waals surface area contributed by atoms with Gasteiger partial charge in [0.1, 0.15) is 0 Å². The zero-order chi connectivity index (χ0) is 9.26. The van der Waals surface area contributed by atoms with E-state index in [0.717, 1.165) is 10.7 Å². The summed E-state index contributed by atoms with van der Waals surface area (Å²) in [6, 6.07) is 8.39. The van der Waals surface area contributed by atoms with Crippen molar-refractivity contribution in [2.24, 2.45) is 0 Å². The molecule has 0 spiro atoms. The Bertz CT molecular complexity index is 445. The predicted octanol–water partition coefficient (Wildman–Crippen LogP) is 3.66. The van der Waals surface area contributed by atoms with E-state index in [0.29, 0.717) is 0 Å². The SMILES string of the molecule is CC(=S)Nc1ccc2sccc2c1. The van der Waals surface area contributed by atoms with Crippen LogP contribution < -0.4 is 5.32 Å². The van der Waals surface area contributed by atoms with Crippen molar-refractivity contribution in [2.75, 3.05) is 5.32 Å². The minimum Gasteiger partial charge on any atom is -0.350 e. The van der Waals surface area contributed by atoms with Gasteiger partial charge in [0, 0.05) is 10.4 Å². The number of anilines is 1. The Morgan fingerprint density at radius 2 is 2.23 bits per heavy atom. The van der Waals surface area contributed by atoms with Gasteiger partial charge < -0.3 is 5.32 Å². The number of benzene rings is 1. The van der Waals surface area contributed by atoms with Gasteiger partial charge in [-0.3, -0.25) is 0 Å². The number of fused-ring (bicyclic) bond motifs is 1. The molecule has 2 rings (SSSR count). The molecule has 0 radical (unpaired) electrons. The van der Waals surface area contributed by atoms with Crippen molar-refractivity contribution in [3.63, 3.8) is 0 Å². The molecule has 0 bridgehead atoms. The fraction of sp³-hybridized carbons (Fsp3) is 0.100. The molecule has 0 fully saturated rings. The minimum absolute atomic E-state index is 0.801. The average Bonchev–Trinajstić information content (AvgIpc) is 2.49. The molecule has 0 saturated carbocycles. The third-order valence-electron chi connectivity index (χ3n) is 1.77. The third kappa shape index (κ3) is 1.87. The topological polar surface area (TPSA) is 12.0 Å². The summed E-state index contributed by atoms with van der Waals surface area (Å²) in [6.45, 7) is 1.88. The Balaban J connectivity index is 2.42. The zero-order valence-corrected chi connectivity index (χ0v) is 8.84. The molecule has 0 saturated heterocycles. The second-order valence-electron chi connectivity index (χ2n) is 2.85. The minimum atomic E-state index is 0.801. The largest absolute Gasteiger partial charge is 0.350 e. The molecule has 1 aromatic heterocycles. The Morgan fingerprint density at radius 3 is 3.00 bits per heavy atom. The van der Waals surface area contributed by atoms with E-state index in [2.05, 4.69) is 35.0 Å². The standard InChI is InChI=1S/C10H9NS2/c1-7(12)11-9-2-3-10-8(6-9)4-5-13-10/h2-6H,1H3,(H,11,12). The molecule has 1 heterocycles. The second kappa shape index (κ2) is 3.44. The summed E-state index contributed by atoms with van der Waals surface area (Å²) in [5.74, 6) is 0. The first-order valence-electron chi connectivity index (χ1n) is 4.00. The Morgan fingerprint density at radius 1 is 1.38 bits per heavy atom. The van der Waals surface area contributed by atoms with Gasteiger partial charge in [-0.25, -0.2) is 0 Å². The smallest absolute Gasteiger partial charge is 0.0765 e. The van der Waals surface area contributed by atoms with E-state index < -0.39 is 0 Å². The summed E-state index contributed by atoms with van der Waals surface area (Å²) in [7, 11) is 0. The van der Waals surface area contributed by atoms with Crippen LogP contribution in [0.15, 0.2) is 29.6 Å². The number of hydrogen-bond acceptors (Lipinski definition) is 2. The maximum Gasteiger partial charge on any atom is 0.0765 e. The van der Waals surface area contributed by atoms with Gasteiger partial charge in [0.05, 0.1) is 4.99 Å². The van der Waals surface area contributed by atoms with Crippen molar-refractivity contribution >= 4 is 44.3 Å². The first-order valence-corrected chi connectivity index (χ1v) is 5.29. The van der Waals surface area contributed by atoms with Crippen molar-refractivity contribution in [2.45, 2.75) is 6.92 Å². The molecular formula is C10H9NS2. The van der Waals surface area contributed by atoms with Crippen LogP contribution >= 0.6 is 23.6 Å². The van der Waals surface area contributed by atoms with Gasteiger partial charge in [0.2, 0.25) is 0 Å². The van der Waals surface area contributed by atoms with Crippen LogP contribution in [0.5, 0.6) is 0 Å². The van der Waals surface area contributed by atoms with Gasteiger partial charge in [-0.1, -0.05) is 12.2 Å². The lowest BCUT2D eigenvalue weighted by atomic mass is 10.2. The van der Waals surface area contributed by atoms with E-state index in [-0.39, 0.29) is 0 Å². The quantitative estimate of drug-likeness (QED) is 0.716. The molecule has 1 aromatic carbocycles. The highest BCUT2D eigenvalue weighted by Gasteiger charge is 1.96. The Kier molecular flexibility index (Phi) is 2.29. The van der Waals surface area contributed by atoms with E-state index in [1.807, 2.05) is 6.92 Å². The van der Waals surface area contributed by atoms with Crippen LogP contribution in [0.3, 0.4) is 0 Å². The Hall–Kier alpha value is -0.930. The lowest BCUT2D eigenvalue weighted by molar-refractivity contribution is 1.69. The maximum atomic E-state index is 4.97. The van der Waals surface area contributed by atoms with Gasteiger partial charge in [-0.05, 0) is 42.0 Å². The molecule has 1 N–H and O–H groups in total. The molecule has 3 heteroatoms. The predicted molar refractivity (Wildman–Crippen MR) is 63.7 cm³/mol. The highest BCUT2D eigenvalue weighted by atomic mass is 32.1. The highest BCUT2D eigenvalue weighted by molar-refractivity contribution is 7.80. The van der Waals surface area contributed by atoms with Crippen molar-refractivity contribution in [3.8, 4) is 0 Å². The third-order valence-corrected chi connectivity index (χ3v) is 2.77. The van der Waals surface area contributed by atoms with E-state index >= 15 is 0 Å². The average molecular weight is 207 g/mol. The molecule has 0 amide bonds. The number of nitrogens with one attached hydrogen (secondary N) is 1. The lowest BCUT2D eigenvalue weighted by Gasteiger charge is -2.02. The van der Waals surface area contributed by atoms with Crippen LogP contribution in [-0.2, 0) is 0 Å². The molecule has 0 atom stereocenters. The van der Waals surface area contributed by atoms with Crippen LogP contribution in [0.2, 0.25) is 0 Å². The van der Waals surface area contributed by atoms with E-state index in [9.17, 15) is 0 Å². The number of thiocarbonyl (C=S) groups is 1. The van der Waals surface area contributed by atoms with E-state index in [1.165, 1.54) is 10.1 Å². The first-order chi connectivity index (χ1) is 6.25. The molecule has 0 unspecified atom stereocenters. The van der Waals surface area contributed by atoms with Crippen molar-refractivity contribution in [3.05, 3.63) is 29.6 Å². The molecule has 1 nitrogen and oxygen atoms in total. The summed E-state index contributed by atoms with van der Waals surface area (Å²) in [5.41, 5.74) is 1.07. The number of rotatable bonds is 1. The van der Waals surface area contributed by atoms with Crippen LogP contribution in [-0.4, -0.2) is 4.99 Å².